The lowest BCUT2D eigenvalue weighted by molar-refractivity contribution is -0.136. The number of carbonyl (C=O) groups is 3. The average molecular weight is 458 g/mol. The van der Waals surface area contributed by atoms with Crippen LogP contribution >= 0.6 is 0 Å². The van der Waals surface area contributed by atoms with Gasteiger partial charge in [0, 0.05) is 37.3 Å². The van der Waals surface area contributed by atoms with E-state index in [4.69, 9.17) is 4.74 Å². The molecule has 10 nitrogen and oxygen atoms in total. The molecule has 3 aromatic rings. The van der Waals surface area contributed by atoms with Crippen LogP contribution in [0.2, 0.25) is 0 Å². The van der Waals surface area contributed by atoms with Gasteiger partial charge in [-0.05, 0) is 48.2 Å². The summed E-state index contributed by atoms with van der Waals surface area (Å²) in [7, 11) is 0. The molecule has 1 N–H and O–H groups in total. The highest BCUT2D eigenvalue weighted by molar-refractivity contribution is 6.05. The zero-order valence-electron chi connectivity index (χ0n) is 18.3. The summed E-state index contributed by atoms with van der Waals surface area (Å²) in [5, 5.41) is 10.8. The first kappa shape index (κ1) is 20.7. The smallest absolute Gasteiger partial charge is 0.255 e. The molecule has 6 rings (SSSR count). The fraction of sp³-hybridized carbons (Fsp3) is 0.333. The van der Waals surface area contributed by atoms with Gasteiger partial charge in [0.25, 0.3) is 5.91 Å². The number of piperidine rings is 1. The molecule has 172 valence electrons. The normalized spacial score (nSPS) is 22.2. The van der Waals surface area contributed by atoms with E-state index in [1.807, 2.05) is 18.3 Å². The molecule has 10 heteroatoms. The Morgan fingerprint density at radius 2 is 1.97 bits per heavy atom. The summed E-state index contributed by atoms with van der Waals surface area (Å²) < 4.78 is 7.10. The van der Waals surface area contributed by atoms with Crippen LogP contribution < -0.4 is 5.32 Å². The van der Waals surface area contributed by atoms with Gasteiger partial charge in [-0.1, -0.05) is 11.3 Å². The second-order valence-corrected chi connectivity index (χ2v) is 8.83. The second kappa shape index (κ2) is 8.14. The average Bonchev–Trinajstić information content (AvgIpc) is 3.60. The molecule has 3 aliphatic rings. The Balaban J connectivity index is 1.21. The van der Waals surface area contributed by atoms with Crippen molar-refractivity contribution < 1.29 is 19.1 Å². The summed E-state index contributed by atoms with van der Waals surface area (Å²) in [6.07, 6.45) is 5.25. The van der Waals surface area contributed by atoms with Crippen molar-refractivity contribution in [2.75, 3.05) is 13.2 Å². The monoisotopic (exact) mass is 458 g/mol. The van der Waals surface area contributed by atoms with Gasteiger partial charge in [0.05, 0.1) is 24.2 Å². The van der Waals surface area contributed by atoms with Gasteiger partial charge in [-0.15, -0.1) is 5.10 Å². The lowest BCUT2D eigenvalue weighted by Gasteiger charge is -2.29. The van der Waals surface area contributed by atoms with Crippen LogP contribution in [0.3, 0.4) is 0 Å². The van der Waals surface area contributed by atoms with E-state index in [0.717, 1.165) is 42.1 Å². The van der Waals surface area contributed by atoms with E-state index in [9.17, 15) is 14.4 Å². The molecule has 5 heterocycles. The highest BCUT2D eigenvalue weighted by atomic mass is 16.5. The Bertz CT molecular complexity index is 1300. The molecule has 2 fully saturated rings. The van der Waals surface area contributed by atoms with E-state index < -0.39 is 11.9 Å². The zero-order chi connectivity index (χ0) is 23.2. The third-order valence-corrected chi connectivity index (χ3v) is 6.71. The molecule has 2 unspecified atom stereocenters. The van der Waals surface area contributed by atoms with Crippen molar-refractivity contribution in [3.8, 4) is 17.1 Å². The van der Waals surface area contributed by atoms with Crippen LogP contribution in [0.25, 0.3) is 17.1 Å². The van der Waals surface area contributed by atoms with Crippen LogP contribution in [0, 0.1) is 0 Å². The number of imide groups is 1. The molecule has 2 atom stereocenters. The van der Waals surface area contributed by atoms with Crippen molar-refractivity contribution in [2.45, 2.75) is 37.8 Å². The minimum atomic E-state index is -0.635. The molecule has 0 aliphatic carbocycles. The number of nitrogens with one attached hydrogen (secondary N) is 1. The number of fused-ring (bicyclic) bond motifs is 1. The first-order valence-corrected chi connectivity index (χ1v) is 11.3. The second-order valence-electron chi connectivity index (χ2n) is 8.83. The number of hydrogen-bond acceptors (Lipinski definition) is 7. The van der Waals surface area contributed by atoms with E-state index in [1.54, 1.807) is 23.0 Å². The van der Waals surface area contributed by atoms with Crippen LogP contribution in [0.15, 0.2) is 42.7 Å². The van der Waals surface area contributed by atoms with Crippen LogP contribution in [0.4, 0.5) is 0 Å². The minimum Gasteiger partial charge on any atom is -0.381 e. The standard InChI is InChI=1S/C24H22N6O4/c31-22-6-5-21(23(32)26-22)29-11-16-9-17(2-3-18(16)24(29)33)30-12-20(27-28-30)19-4-1-14(10-25-19)15-7-8-34-13-15/h1-4,9-10,12,15,21H,5-8,11,13H2,(H,26,31,32). The van der Waals surface area contributed by atoms with Crippen molar-refractivity contribution in [3.05, 3.63) is 59.4 Å². The van der Waals surface area contributed by atoms with Crippen molar-refractivity contribution in [1.29, 1.82) is 0 Å². The van der Waals surface area contributed by atoms with Gasteiger partial charge in [0.15, 0.2) is 0 Å². The summed E-state index contributed by atoms with van der Waals surface area (Å²) in [6, 6.07) is 8.81. The van der Waals surface area contributed by atoms with Crippen LogP contribution in [0.1, 0.15) is 46.7 Å². The predicted octanol–water partition coefficient (Wildman–Crippen LogP) is 1.59. The molecule has 1 aromatic carbocycles. The minimum absolute atomic E-state index is 0.202. The molecule has 2 aromatic heterocycles. The maximum atomic E-state index is 12.9. The number of benzene rings is 1. The molecule has 0 bridgehead atoms. The number of amides is 3. The van der Waals surface area contributed by atoms with Gasteiger partial charge < -0.3 is 9.64 Å². The van der Waals surface area contributed by atoms with E-state index in [-0.39, 0.29) is 18.2 Å². The Morgan fingerprint density at radius 1 is 1.06 bits per heavy atom. The maximum Gasteiger partial charge on any atom is 0.255 e. The highest BCUT2D eigenvalue weighted by Gasteiger charge is 2.39. The lowest BCUT2D eigenvalue weighted by atomic mass is 10.0. The van der Waals surface area contributed by atoms with Gasteiger partial charge in [-0.3, -0.25) is 24.7 Å². The topological polar surface area (TPSA) is 119 Å². The van der Waals surface area contributed by atoms with Crippen molar-refractivity contribution in [3.63, 3.8) is 0 Å². The Morgan fingerprint density at radius 3 is 2.74 bits per heavy atom. The highest BCUT2D eigenvalue weighted by Crippen LogP contribution is 2.30. The van der Waals surface area contributed by atoms with Crippen LogP contribution in [0.5, 0.6) is 0 Å². The van der Waals surface area contributed by atoms with Gasteiger partial charge in [-0.2, -0.15) is 0 Å². The largest absolute Gasteiger partial charge is 0.381 e. The van der Waals surface area contributed by atoms with Crippen molar-refractivity contribution in [2.24, 2.45) is 0 Å². The van der Waals surface area contributed by atoms with E-state index in [1.165, 1.54) is 4.90 Å². The van der Waals surface area contributed by atoms with Gasteiger partial charge in [0.2, 0.25) is 11.8 Å². The first-order chi connectivity index (χ1) is 16.6. The first-order valence-electron chi connectivity index (χ1n) is 11.3. The molecule has 2 saturated heterocycles. The van der Waals surface area contributed by atoms with E-state index in [2.05, 4.69) is 26.7 Å². The molecule has 0 saturated carbocycles. The predicted molar refractivity (Wildman–Crippen MR) is 119 cm³/mol. The number of carbonyl (C=O) groups excluding carboxylic acids is 3. The summed E-state index contributed by atoms with van der Waals surface area (Å²) in [5.74, 6) is -0.526. The zero-order valence-corrected chi connectivity index (χ0v) is 18.3. The van der Waals surface area contributed by atoms with Gasteiger partial charge in [0.1, 0.15) is 11.7 Å². The lowest BCUT2D eigenvalue weighted by Crippen LogP contribution is -2.52. The molecular weight excluding hydrogens is 436 g/mol. The number of pyridine rings is 1. The summed E-state index contributed by atoms with van der Waals surface area (Å²) in [4.78, 5) is 42.7. The van der Waals surface area contributed by atoms with Gasteiger partial charge in [-0.25, -0.2) is 4.68 Å². The molecule has 3 aliphatic heterocycles. The molecule has 0 spiro atoms. The third kappa shape index (κ3) is 3.56. The Hall–Kier alpha value is -3.92. The summed E-state index contributed by atoms with van der Waals surface area (Å²) >= 11 is 0. The number of nitrogens with zero attached hydrogens (tertiary/aromatic N) is 5. The molecule has 0 radical (unpaired) electrons. The number of aromatic nitrogens is 4. The summed E-state index contributed by atoms with van der Waals surface area (Å²) in [5.41, 5.74) is 4.67. The SMILES string of the molecule is O=C1CCC(N2Cc3cc(-n4cc(-c5ccc(C6CCOC6)cn5)nn4)ccc3C2=O)C(=O)N1. The fourth-order valence-electron chi connectivity index (χ4n) is 4.81. The van der Waals surface area contributed by atoms with Crippen molar-refractivity contribution >= 4 is 17.7 Å². The van der Waals surface area contributed by atoms with E-state index in [0.29, 0.717) is 30.1 Å². The fourth-order valence-corrected chi connectivity index (χ4v) is 4.81. The van der Waals surface area contributed by atoms with Crippen LogP contribution in [-0.4, -0.2) is 61.9 Å². The Labute approximate surface area is 194 Å². The number of hydrogen-bond donors (Lipinski definition) is 1. The Kier molecular flexibility index (Phi) is 4.95. The molecule has 3 amide bonds. The van der Waals surface area contributed by atoms with E-state index >= 15 is 0 Å². The quantitative estimate of drug-likeness (QED) is 0.590. The summed E-state index contributed by atoms with van der Waals surface area (Å²) in [6.45, 7) is 1.83. The number of rotatable bonds is 4. The van der Waals surface area contributed by atoms with Gasteiger partial charge >= 0.3 is 0 Å². The van der Waals surface area contributed by atoms with Crippen molar-refractivity contribution in [1.82, 2.24) is 30.2 Å². The maximum absolute atomic E-state index is 12.9. The molecular formula is C24H22N6O4. The van der Waals surface area contributed by atoms with Crippen LogP contribution in [-0.2, 0) is 20.9 Å². The molecule has 34 heavy (non-hydrogen) atoms. The third-order valence-electron chi connectivity index (χ3n) is 6.71. The number of ether oxygens (including phenoxy) is 1.